The van der Waals surface area contributed by atoms with Crippen molar-refractivity contribution in [2.45, 2.75) is 45.0 Å². The van der Waals surface area contributed by atoms with Crippen LogP contribution < -0.4 is 4.74 Å². The minimum atomic E-state index is 0.241. The van der Waals surface area contributed by atoms with Gasteiger partial charge in [-0.2, -0.15) is 0 Å². The zero-order valence-electron chi connectivity index (χ0n) is 10.5. The van der Waals surface area contributed by atoms with Crippen LogP contribution in [0.25, 0.3) is 0 Å². The monoisotopic (exact) mass is 284 g/mol. The number of alkyl halides is 1. The molecule has 0 saturated heterocycles. The van der Waals surface area contributed by atoms with Crippen LogP contribution in [0.1, 0.15) is 33.3 Å². The minimum Gasteiger partial charge on any atom is -0.491 e. The van der Waals surface area contributed by atoms with Crippen molar-refractivity contribution in [3.63, 3.8) is 0 Å². The molecule has 1 atom stereocenters. The largest absolute Gasteiger partial charge is 0.491 e. The number of benzene rings is 1. The molecule has 0 radical (unpaired) electrons. The van der Waals surface area contributed by atoms with Crippen LogP contribution in [0.15, 0.2) is 24.3 Å². The third kappa shape index (κ3) is 4.56. The van der Waals surface area contributed by atoms with Gasteiger partial charge in [0.15, 0.2) is 0 Å². The lowest BCUT2D eigenvalue weighted by molar-refractivity contribution is 0.242. The molecule has 0 N–H and O–H groups in total. The van der Waals surface area contributed by atoms with Crippen molar-refractivity contribution in [3.05, 3.63) is 29.8 Å². The average molecular weight is 285 g/mol. The first-order chi connectivity index (χ1) is 7.49. The van der Waals surface area contributed by atoms with E-state index in [1.54, 1.807) is 0 Å². The van der Waals surface area contributed by atoms with Gasteiger partial charge < -0.3 is 4.74 Å². The van der Waals surface area contributed by atoms with E-state index in [9.17, 15) is 0 Å². The molecule has 0 saturated carbocycles. The third-order valence-corrected chi connectivity index (χ3v) is 3.83. The fraction of sp³-hybridized carbons (Fsp3) is 0.571. The van der Waals surface area contributed by atoms with Crippen molar-refractivity contribution in [1.82, 2.24) is 0 Å². The highest BCUT2D eigenvalue weighted by molar-refractivity contribution is 9.09. The molecule has 90 valence electrons. The maximum absolute atomic E-state index is 5.61. The van der Waals surface area contributed by atoms with Gasteiger partial charge in [-0.05, 0) is 43.9 Å². The average Bonchev–Trinajstić information content (AvgIpc) is 2.20. The van der Waals surface area contributed by atoms with Crippen molar-refractivity contribution >= 4 is 15.9 Å². The molecule has 16 heavy (non-hydrogen) atoms. The van der Waals surface area contributed by atoms with Crippen LogP contribution in [-0.2, 0) is 6.42 Å². The molecule has 1 unspecified atom stereocenters. The first-order valence-electron chi connectivity index (χ1n) is 5.88. The number of rotatable bonds is 5. The lowest BCUT2D eigenvalue weighted by Gasteiger charge is -2.14. The summed E-state index contributed by atoms with van der Waals surface area (Å²) < 4.78 is 5.61. The van der Waals surface area contributed by atoms with Gasteiger partial charge in [0.05, 0.1) is 6.10 Å². The van der Waals surface area contributed by atoms with Gasteiger partial charge in [-0.15, -0.1) is 0 Å². The maximum atomic E-state index is 5.61. The topological polar surface area (TPSA) is 9.23 Å². The molecular formula is C14H21BrO. The Morgan fingerprint density at radius 3 is 2.06 bits per heavy atom. The van der Waals surface area contributed by atoms with E-state index in [2.05, 4.69) is 54.0 Å². The van der Waals surface area contributed by atoms with Crippen LogP contribution in [0.4, 0.5) is 0 Å². The summed E-state index contributed by atoms with van der Waals surface area (Å²) in [5.41, 5.74) is 1.35. The number of hydrogen-bond acceptors (Lipinski definition) is 1. The van der Waals surface area contributed by atoms with Gasteiger partial charge >= 0.3 is 0 Å². The molecule has 0 aliphatic carbocycles. The van der Waals surface area contributed by atoms with Crippen molar-refractivity contribution in [2.24, 2.45) is 5.92 Å². The smallest absolute Gasteiger partial charge is 0.119 e. The maximum Gasteiger partial charge on any atom is 0.119 e. The summed E-state index contributed by atoms with van der Waals surface area (Å²) in [6.45, 7) is 8.55. The number of ether oxygens (including phenoxy) is 1. The summed E-state index contributed by atoms with van der Waals surface area (Å²) in [5, 5.41) is 0. The molecule has 0 fully saturated rings. The SMILES string of the molecule is CC(C)Oc1ccc(CC(Br)C(C)C)cc1. The summed E-state index contributed by atoms with van der Waals surface area (Å²) in [6, 6.07) is 8.40. The van der Waals surface area contributed by atoms with Crippen LogP contribution in [0, 0.1) is 5.92 Å². The van der Waals surface area contributed by atoms with Crippen molar-refractivity contribution in [1.29, 1.82) is 0 Å². The molecule has 0 spiro atoms. The molecule has 0 bridgehead atoms. The fourth-order valence-corrected chi connectivity index (χ4v) is 1.81. The molecule has 1 rings (SSSR count). The summed E-state index contributed by atoms with van der Waals surface area (Å²) in [5.74, 6) is 1.61. The summed E-state index contributed by atoms with van der Waals surface area (Å²) in [6.07, 6.45) is 1.31. The Morgan fingerprint density at radius 1 is 1.06 bits per heavy atom. The second kappa shape index (κ2) is 6.29. The highest BCUT2D eigenvalue weighted by Crippen LogP contribution is 2.20. The molecule has 1 nitrogen and oxygen atoms in total. The molecule has 2 heteroatoms. The van der Waals surface area contributed by atoms with E-state index >= 15 is 0 Å². The predicted octanol–water partition coefficient (Wildman–Crippen LogP) is 4.44. The van der Waals surface area contributed by atoms with E-state index in [1.165, 1.54) is 5.56 Å². The lowest BCUT2D eigenvalue weighted by Crippen LogP contribution is -2.10. The highest BCUT2D eigenvalue weighted by atomic mass is 79.9. The minimum absolute atomic E-state index is 0.241. The van der Waals surface area contributed by atoms with E-state index < -0.39 is 0 Å². The number of halogens is 1. The molecule has 0 amide bonds. The molecule has 0 heterocycles. The van der Waals surface area contributed by atoms with Crippen LogP contribution >= 0.6 is 15.9 Å². The van der Waals surface area contributed by atoms with Crippen molar-refractivity contribution < 1.29 is 4.74 Å². The zero-order chi connectivity index (χ0) is 12.1. The van der Waals surface area contributed by atoms with Gasteiger partial charge in [-0.25, -0.2) is 0 Å². The van der Waals surface area contributed by atoms with Gasteiger partial charge in [0.2, 0.25) is 0 Å². The predicted molar refractivity (Wildman–Crippen MR) is 73.5 cm³/mol. The Kier molecular flexibility index (Phi) is 5.33. The van der Waals surface area contributed by atoms with Gasteiger partial charge in [0.25, 0.3) is 0 Å². The second-order valence-corrected chi connectivity index (χ2v) is 5.95. The van der Waals surface area contributed by atoms with Gasteiger partial charge in [0.1, 0.15) is 5.75 Å². The highest BCUT2D eigenvalue weighted by Gasteiger charge is 2.09. The van der Waals surface area contributed by atoms with E-state index in [1.807, 2.05) is 13.8 Å². The first-order valence-corrected chi connectivity index (χ1v) is 6.80. The summed E-state index contributed by atoms with van der Waals surface area (Å²) in [7, 11) is 0. The van der Waals surface area contributed by atoms with E-state index in [4.69, 9.17) is 4.74 Å². The van der Waals surface area contributed by atoms with Crippen LogP contribution in [0.3, 0.4) is 0 Å². The Morgan fingerprint density at radius 2 is 1.62 bits per heavy atom. The van der Waals surface area contributed by atoms with Crippen LogP contribution in [-0.4, -0.2) is 10.9 Å². The van der Waals surface area contributed by atoms with Crippen LogP contribution in [0.5, 0.6) is 5.75 Å². The standard InChI is InChI=1S/C14H21BrO/c1-10(2)14(15)9-12-5-7-13(8-6-12)16-11(3)4/h5-8,10-11,14H,9H2,1-4H3. The zero-order valence-corrected chi connectivity index (χ0v) is 12.1. The summed E-state index contributed by atoms with van der Waals surface area (Å²) in [4.78, 5) is 0.546. The van der Waals surface area contributed by atoms with Gasteiger partial charge in [-0.3, -0.25) is 0 Å². The number of hydrogen-bond donors (Lipinski definition) is 0. The first kappa shape index (κ1) is 13.6. The van der Waals surface area contributed by atoms with Gasteiger partial charge in [-0.1, -0.05) is 41.9 Å². The molecule has 1 aromatic rings. The van der Waals surface area contributed by atoms with E-state index in [0.717, 1.165) is 12.2 Å². The molecule has 0 aliphatic rings. The molecule has 0 aromatic heterocycles. The lowest BCUT2D eigenvalue weighted by atomic mass is 10.0. The van der Waals surface area contributed by atoms with Crippen molar-refractivity contribution in [2.75, 3.05) is 0 Å². The van der Waals surface area contributed by atoms with Crippen molar-refractivity contribution in [3.8, 4) is 5.75 Å². The van der Waals surface area contributed by atoms with E-state index in [-0.39, 0.29) is 6.10 Å². The van der Waals surface area contributed by atoms with Gasteiger partial charge in [0, 0.05) is 4.83 Å². The van der Waals surface area contributed by atoms with Crippen LogP contribution in [0.2, 0.25) is 0 Å². The Labute approximate surface area is 107 Å². The summed E-state index contributed by atoms with van der Waals surface area (Å²) >= 11 is 3.71. The Bertz CT molecular complexity index is 303. The second-order valence-electron chi connectivity index (χ2n) is 4.77. The van der Waals surface area contributed by atoms with E-state index in [0.29, 0.717) is 10.7 Å². The Hall–Kier alpha value is -0.500. The normalized spacial score (nSPS) is 13.2. The quantitative estimate of drug-likeness (QED) is 0.727. The fourth-order valence-electron chi connectivity index (χ4n) is 1.44. The molecule has 0 aliphatic heterocycles. The third-order valence-electron chi connectivity index (χ3n) is 2.45. The Balaban J connectivity index is 2.57. The molecule has 1 aromatic carbocycles. The molecular weight excluding hydrogens is 264 g/mol.